The SMILES string of the molecule is Cc1cc(C)c2c(c1)CCc1ccccc1[C@H]2C(N)=O. The summed E-state index contributed by atoms with van der Waals surface area (Å²) in [5, 5.41) is 0. The number of aryl methyl sites for hydroxylation is 4. The Kier molecular flexibility index (Phi) is 3.09. The van der Waals surface area contributed by atoms with Gasteiger partial charge in [0.05, 0.1) is 5.92 Å². The lowest BCUT2D eigenvalue weighted by Crippen LogP contribution is -2.24. The standard InChI is InChI=1S/C18H19NO/c1-11-9-12(2)16-14(10-11)8-7-13-5-3-4-6-15(13)17(16)18(19)20/h3-6,9-10,17H,7-8H2,1-2H3,(H2,19,20)/t17-/m1/s1. The molecule has 2 nitrogen and oxygen atoms in total. The number of hydrogen-bond acceptors (Lipinski definition) is 1. The van der Waals surface area contributed by atoms with E-state index in [0.717, 1.165) is 24.0 Å². The molecule has 102 valence electrons. The minimum Gasteiger partial charge on any atom is -0.369 e. The summed E-state index contributed by atoms with van der Waals surface area (Å²) in [7, 11) is 0. The Morgan fingerprint density at radius 2 is 1.80 bits per heavy atom. The highest BCUT2D eigenvalue weighted by atomic mass is 16.1. The summed E-state index contributed by atoms with van der Waals surface area (Å²) in [5.74, 6) is -0.572. The molecule has 20 heavy (non-hydrogen) atoms. The summed E-state index contributed by atoms with van der Waals surface area (Å²) < 4.78 is 0. The maximum Gasteiger partial charge on any atom is 0.229 e. The Balaban J connectivity index is 2.30. The van der Waals surface area contributed by atoms with E-state index in [9.17, 15) is 4.79 Å². The average molecular weight is 265 g/mol. The van der Waals surface area contributed by atoms with Crippen LogP contribution in [0.2, 0.25) is 0 Å². The largest absolute Gasteiger partial charge is 0.369 e. The van der Waals surface area contributed by atoms with Crippen molar-refractivity contribution in [3.05, 3.63) is 69.8 Å². The molecule has 0 spiro atoms. The van der Waals surface area contributed by atoms with Crippen molar-refractivity contribution < 1.29 is 4.79 Å². The van der Waals surface area contributed by atoms with Gasteiger partial charge in [-0.2, -0.15) is 0 Å². The summed E-state index contributed by atoms with van der Waals surface area (Å²) in [5.41, 5.74) is 12.8. The maximum atomic E-state index is 12.1. The van der Waals surface area contributed by atoms with Crippen LogP contribution in [0.1, 0.15) is 39.3 Å². The van der Waals surface area contributed by atoms with Crippen LogP contribution in [0.15, 0.2) is 36.4 Å². The van der Waals surface area contributed by atoms with Crippen LogP contribution in [0.4, 0.5) is 0 Å². The Labute approximate surface area is 119 Å². The summed E-state index contributed by atoms with van der Waals surface area (Å²) in [6.45, 7) is 4.18. The molecule has 0 saturated carbocycles. The molecule has 0 heterocycles. The van der Waals surface area contributed by atoms with Gasteiger partial charge in [0.2, 0.25) is 5.91 Å². The van der Waals surface area contributed by atoms with Gasteiger partial charge in [0.1, 0.15) is 0 Å². The summed E-state index contributed by atoms with van der Waals surface area (Å²) in [6.07, 6.45) is 1.94. The van der Waals surface area contributed by atoms with E-state index in [2.05, 4.69) is 32.0 Å². The van der Waals surface area contributed by atoms with Crippen molar-refractivity contribution in [1.29, 1.82) is 0 Å². The van der Waals surface area contributed by atoms with E-state index < -0.39 is 0 Å². The molecule has 2 heteroatoms. The molecule has 0 saturated heterocycles. The molecule has 2 aromatic carbocycles. The fraction of sp³-hybridized carbons (Fsp3) is 0.278. The van der Waals surface area contributed by atoms with Gasteiger partial charge in [0, 0.05) is 0 Å². The summed E-state index contributed by atoms with van der Waals surface area (Å²) >= 11 is 0. The molecular formula is C18H19NO. The molecule has 1 atom stereocenters. The first kappa shape index (κ1) is 12.9. The molecule has 1 aliphatic carbocycles. The molecular weight excluding hydrogens is 246 g/mol. The predicted molar refractivity (Wildman–Crippen MR) is 80.8 cm³/mol. The van der Waals surface area contributed by atoms with Gasteiger partial charge in [-0.25, -0.2) is 0 Å². The average Bonchev–Trinajstić information content (AvgIpc) is 2.56. The zero-order chi connectivity index (χ0) is 14.3. The maximum absolute atomic E-state index is 12.1. The van der Waals surface area contributed by atoms with Gasteiger partial charge >= 0.3 is 0 Å². The number of fused-ring (bicyclic) bond motifs is 2. The van der Waals surface area contributed by atoms with E-state index in [1.54, 1.807) is 0 Å². The number of rotatable bonds is 1. The van der Waals surface area contributed by atoms with E-state index in [1.807, 2.05) is 18.2 Å². The second-order valence-corrected chi connectivity index (χ2v) is 5.69. The fourth-order valence-electron chi connectivity index (χ4n) is 3.45. The Hall–Kier alpha value is -2.09. The third-order valence-electron chi connectivity index (χ3n) is 4.22. The first-order chi connectivity index (χ1) is 9.58. The van der Waals surface area contributed by atoms with Gasteiger partial charge in [-0.1, -0.05) is 42.0 Å². The number of carbonyl (C=O) groups excluding carboxylic acids is 1. The highest BCUT2D eigenvalue weighted by Gasteiger charge is 2.29. The van der Waals surface area contributed by atoms with Crippen LogP contribution in [0.25, 0.3) is 0 Å². The van der Waals surface area contributed by atoms with Crippen LogP contribution in [0.3, 0.4) is 0 Å². The van der Waals surface area contributed by atoms with Crippen LogP contribution in [-0.2, 0) is 17.6 Å². The number of primary amides is 1. The minimum absolute atomic E-state index is 0.257. The third-order valence-corrected chi connectivity index (χ3v) is 4.22. The van der Waals surface area contributed by atoms with E-state index in [1.165, 1.54) is 22.3 Å². The van der Waals surface area contributed by atoms with Gasteiger partial charge in [-0.15, -0.1) is 0 Å². The van der Waals surface area contributed by atoms with Crippen molar-refractivity contribution in [2.24, 2.45) is 5.73 Å². The number of benzene rings is 2. The van der Waals surface area contributed by atoms with Crippen LogP contribution >= 0.6 is 0 Å². The lowest BCUT2D eigenvalue weighted by molar-refractivity contribution is -0.118. The molecule has 0 bridgehead atoms. The molecule has 1 amide bonds. The Morgan fingerprint density at radius 1 is 1.10 bits per heavy atom. The van der Waals surface area contributed by atoms with Crippen LogP contribution in [-0.4, -0.2) is 5.91 Å². The first-order valence-electron chi connectivity index (χ1n) is 7.05. The van der Waals surface area contributed by atoms with Gasteiger partial charge in [-0.3, -0.25) is 4.79 Å². The number of nitrogens with two attached hydrogens (primary N) is 1. The third kappa shape index (κ3) is 2.01. The lowest BCUT2D eigenvalue weighted by atomic mass is 9.84. The van der Waals surface area contributed by atoms with E-state index in [4.69, 9.17) is 5.73 Å². The van der Waals surface area contributed by atoms with Crippen molar-refractivity contribution in [3.63, 3.8) is 0 Å². The van der Waals surface area contributed by atoms with Crippen LogP contribution < -0.4 is 5.73 Å². The molecule has 1 aliphatic rings. The molecule has 0 aromatic heterocycles. The zero-order valence-electron chi connectivity index (χ0n) is 11.9. The molecule has 0 unspecified atom stereocenters. The molecule has 2 aromatic rings. The summed E-state index contributed by atoms with van der Waals surface area (Å²) in [4.78, 5) is 12.1. The lowest BCUT2D eigenvalue weighted by Gasteiger charge is -2.20. The first-order valence-corrected chi connectivity index (χ1v) is 7.05. The van der Waals surface area contributed by atoms with Crippen molar-refractivity contribution >= 4 is 5.91 Å². The second-order valence-electron chi connectivity index (χ2n) is 5.69. The zero-order valence-corrected chi connectivity index (χ0v) is 11.9. The molecule has 0 radical (unpaired) electrons. The van der Waals surface area contributed by atoms with Crippen LogP contribution in [0, 0.1) is 13.8 Å². The molecule has 2 N–H and O–H groups in total. The smallest absolute Gasteiger partial charge is 0.229 e. The highest BCUT2D eigenvalue weighted by molar-refractivity contribution is 5.87. The topological polar surface area (TPSA) is 43.1 Å². The van der Waals surface area contributed by atoms with Gasteiger partial charge in [0.25, 0.3) is 0 Å². The fourth-order valence-corrected chi connectivity index (χ4v) is 3.45. The van der Waals surface area contributed by atoms with Crippen molar-refractivity contribution in [2.45, 2.75) is 32.6 Å². The van der Waals surface area contributed by atoms with Gasteiger partial charge in [0.15, 0.2) is 0 Å². The van der Waals surface area contributed by atoms with Crippen LogP contribution in [0.5, 0.6) is 0 Å². The normalized spacial score (nSPS) is 17.0. The van der Waals surface area contributed by atoms with Crippen molar-refractivity contribution in [2.75, 3.05) is 0 Å². The van der Waals surface area contributed by atoms with Crippen molar-refractivity contribution in [1.82, 2.24) is 0 Å². The van der Waals surface area contributed by atoms with E-state index >= 15 is 0 Å². The minimum atomic E-state index is -0.315. The second kappa shape index (κ2) is 4.78. The Bertz CT molecular complexity index is 688. The quantitative estimate of drug-likeness (QED) is 0.846. The highest BCUT2D eigenvalue weighted by Crippen LogP contribution is 2.36. The van der Waals surface area contributed by atoms with Gasteiger partial charge < -0.3 is 5.73 Å². The molecule has 0 fully saturated rings. The number of hydrogen-bond donors (Lipinski definition) is 1. The van der Waals surface area contributed by atoms with Gasteiger partial charge in [-0.05, 0) is 54.5 Å². The van der Waals surface area contributed by atoms with E-state index in [0.29, 0.717) is 0 Å². The molecule has 0 aliphatic heterocycles. The number of carbonyl (C=O) groups is 1. The predicted octanol–water partition coefficient (Wildman–Crippen LogP) is 3.02. The van der Waals surface area contributed by atoms with Crippen molar-refractivity contribution in [3.8, 4) is 0 Å². The summed E-state index contributed by atoms with van der Waals surface area (Å²) in [6, 6.07) is 12.5. The number of amides is 1. The molecule has 3 rings (SSSR count). The van der Waals surface area contributed by atoms with E-state index in [-0.39, 0.29) is 11.8 Å². The monoisotopic (exact) mass is 265 g/mol. The Morgan fingerprint density at radius 3 is 2.55 bits per heavy atom.